The predicted molar refractivity (Wildman–Crippen MR) is 66.8 cm³/mol. The maximum atomic E-state index is 11.6. The molecule has 0 radical (unpaired) electrons. The first kappa shape index (κ1) is 10.3. The molecule has 6 heteroatoms. The number of amidine groups is 1. The van der Waals surface area contributed by atoms with Crippen LogP contribution in [0, 0.1) is 0 Å². The number of hydrogen-bond donors (Lipinski definition) is 1. The number of rotatable bonds is 1. The molecule has 0 unspecified atom stereocenters. The van der Waals surface area contributed by atoms with Crippen LogP contribution in [0.3, 0.4) is 0 Å². The monoisotopic (exact) mass is 254 g/mol. The molecule has 4 rings (SSSR count). The fraction of sp³-hybridized carbons (Fsp3) is 0.154. The molecule has 6 nitrogen and oxygen atoms in total. The van der Waals surface area contributed by atoms with E-state index >= 15 is 0 Å². The molecule has 3 aliphatic rings. The highest BCUT2D eigenvalue weighted by Crippen LogP contribution is 2.33. The number of aromatic nitrogens is 1. The summed E-state index contributed by atoms with van der Waals surface area (Å²) in [7, 11) is 0. The Bertz CT molecular complexity index is 680. The van der Waals surface area contributed by atoms with Crippen LogP contribution < -0.4 is 5.32 Å². The maximum absolute atomic E-state index is 11.6. The molecule has 1 aromatic heterocycles. The van der Waals surface area contributed by atoms with Crippen molar-refractivity contribution in [3.05, 3.63) is 53.3 Å². The van der Waals surface area contributed by atoms with Crippen molar-refractivity contribution in [1.82, 2.24) is 15.4 Å². The zero-order valence-electron chi connectivity index (χ0n) is 9.96. The van der Waals surface area contributed by atoms with Crippen LogP contribution in [0.2, 0.25) is 0 Å². The van der Waals surface area contributed by atoms with Gasteiger partial charge in [0.25, 0.3) is 0 Å². The van der Waals surface area contributed by atoms with Gasteiger partial charge in [0.15, 0.2) is 5.84 Å². The first-order valence-electron chi connectivity index (χ1n) is 6.02. The number of carbonyl (C=O) groups excluding carboxylic acids is 1. The summed E-state index contributed by atoms with van der Waals surface area (Å²) in [5.41, 5.74) is 2.88. The van der Waals surface area contributed by atoms with Crippen LogP contribution in [0.5, 0.6) is 0 Å². The Labute approximate surface area is 108 Å². The lowest BCUT2D eigenvalue weighted by Crippen LogP contribution is -2.31. The molecular weight excluding hydrogens is 244 g/mol. The summed E-state index contributed by atoms with van der Waals surface area (Å²) in [6, 6.07) is 1.78. The summed E-state index contributed by atoms with van der Waals surface area (Å²) in [5, 5.41) is 6.62. The second kappa shape index (κ2) is 3.68. The van der Waals surface area contributed by atoms with E-state index < -0.39 is 0 Å². The van der Waals surface area contributed by atoms with E-state index in [0.717, 1.165) is 35.8 Å². The Balaban J connectivity index is 1.86. The lowest BCUT2D eigenvalue weighted by molar-refractivity contribution is -0.115. The van der Waals surface area contributed by atoms with Gasteiger partial charge in [0.1, 0.15) is 0 Å². The van der Waals surface area contributed by atoms with E-state index in [1.807, 2.05) is 0 Å². The van der Waals surface area contributed by atoms with Gasteiger partial charge in [-0.05, 0) is 6.08 Å². The first-order chi connectivity index (χ1) is 9.33. The normalized spacial score (nSPS) is 20.8. The summed E-state index contributed by atoms with van der Waals surface area (Å²) in [4.78, 5) is 18.1. The smallest absolute Gasteiger partial charge is 0.248 e. The minimum atomic E-state index is -0.0964. The van der Waals surface area contributed by atoms with E-state index in [4.69, 9.17) is 4.52 Å². The number of amides is 1. The number of carbonyl (C=O) groups is 1. The zero-order valence-corrected chi connectivity index (χ0v) is 9.96. The number of nitrogens with zero attached hydrogens (tertiary/aromatic N) is 3. The van der Waals surface area contributed by atoms with Gasteiger partial charge in [-0.15, -0.1) is 0 Å². The third kappa shape index (κ3) is 1.46. The van der Waals surface area contributed by atoms with Crippen LogP contribution in [0.4, 0.5) is 0 Å². The van der Waals surface area contributed by atoms with E-state index in [1.54, 1.807) is 24.5 Å². The molecule has 0 fully saturated rings. The molecule has 0 saturated carbocycles. The van der Waals surface area contributed by atoms with Crippen molar-refractivity contribution in [3.8, 4) is 0 Å². The zero-order chi connectivity index (χ0) is 12.8. The molecule has 0 spiro atoms. The molecule has 0 aromatic carbocycles. The molecule has 0 bridgehead atoms. The molecule has 0 aliphatic carbocycles. The highest BCUT2D eigenvalue weighted by molar-refractivity contribution is 6.00. The summed E-state index contributed by atoms with van der Waals surface area (Å²) in [6.45, 7) is 0.773. The van der Waals surface area contributed by atoms with Gasteiger partial charge in [-0.1, -0.05) is 5.16 Å². The molecule has 3 aliphatic heterocycles. The average Bonchev–Trinajstić information content (AvgIpc) is 3.03. The van der Waals surface area contributed by atoms with Crippen LogP contribution in [0.15, 0.2) is 57.1 Å². The highest BCUT2D eigenvalue weighted by Gasteiger charge is 2.33. The molecule has 1 amide bonds. The maximum Gasteiger partial charge on any atom is 0.248 e. The molecule has 1 N–H and O–H groups in total. The molecule has 4 heterocycles. The fourth-order valence-corrected chi connectivity index (χ4v) is 2.55. The van der Waals surface area contributed by atoms with Crippen molar-refractivity contribution in [3.63, 3.8) is 0 Å². The minimum absolute atomic E-state index is 0.0964. The molecule has 94 valence electrons. The Morgan fingerprint density at radius 2 is 2.32 bits per heavy atom. The van der Waals surface area contributed by atoms with Crippen molar-refractivity contribution in [2.75, 3.05) is 6.54 Å². The predicted octanol–water partition coefficient (Wildman–Crippen LogP) is 0.922. The topological polar surface area (TPSA) is 70.7 Å². The lowest BCUT2D eigenvalue weighted by atomic mass is 10.1. The highest BCUT2D eigenvalue weighted by atomic mass is 16.5. The van der Waals surface area contributed by atoms with Gasteiger partial charge in [0.2, 0.25) is 11.7 Å². The van der Waals surface area contributed by atoms with Gasteiger partial charge in [-0.3, -0.25) is 4.79 Å². The van der Waals surface area contributed by atoms with Crippen LogP contribution in [-0.4, -0.2) is 28.3 Å². The van der Waals surface area contributed by atoms with E-state index in [2.05, 4.69) is 20.4 Å². The summed E-state index contributed by atoms with van der Waals surface area (Å²) < 4.78 is 5.18. The Kier molecular flexibility index (Phi) is 2.00. The SMILES string of the molecule is O=C1C=CC2=CN=C(c3ccno3)N3CCC(=C23)N1. The standard InChI is InChI=1S/C13H10N4O2/c18-11-2-1-8-7-14-13(10-3-5-15-19-10)17-6-4-9(16-11)12(8)17/h1-3,5,7H,4,6H2,(H,16,18). The Morgan fingerprint density at radius 3 is 3.16 bits per heavy atom. The van der Waals surface area contributed by atoms with Crippen LogP contribution in [0.25, 0.3) is 0 Å². The number of nitrogens with one attached hydrogen (secondary N) is 1. The average molecular weight is 254 g/mol. The van der Waals surface area contributed by atoms with E-state index in [0.29, 0.717) is 5.76 Å². The van der Waals surface area contributed by atoms with Crippen molar-refractivity contribution in [1.29, 1.82) is 0 Å². The van der Waals surface area contributed by atoms with Crippen LogP contribution in [0.1, 0.15) is 12.2 Å². The van der Waals surface area contributed by atoms with Crippen LogP contribution >= 0.6 is 0 Å². The Hall–Kier alpha value is -2.63. The summed E-state index contributed by atoms with van der Waals surface area (Å²) >= 11 is 0. The molecule has 0 saturated heterocycles. The van der Waals surface area contributed by atoms with Gasteiger partial charge in [0.05, 0.1) is 11.9 Å². The number of hydrogen-bond acceptors (Lipinski definition) is 5. The second-order valence-electron chi connectivity index (χ2n) is 4.47. The number of aliphatic imine (C=N–C) groups is 1. The summed E-state index contributed by atoms with van der Waals surface area (Å²) in [5.74, 6) is 1.26. The van der Waals surface area contributed by atoms with Crippen LogP contribution in [-0.2, 0) is 4.79 Å². The molecular formula is C13H10N4O2. The largest absolute Gasteiger partial charge is 0.353 e. The Morgan fingerprint density at radius 1 is 1.37 bits per heavy atom. The third-order valence-corrected chi connectivity index (χ3v) is 3.34. The lowest BCUT2D eigenvalue weighted by Gasteiger charge is -2.25. The van der Waals surface area contributed by atoms with Gasteiger partial charge >= 0.3 is 0 Å². The van der Waals surface area contributed by atoms with Crippen molar-refractivity contribution >= 4 is 11.7 Å². The minimum Gasteiger partial charge on any atom is -0.353 e. The van der Waals surface area contributed by atoms with Gasteiger partial charge in [-0.25, -0.2) is 4.99 Å². The van der Waals surface area contributed by atoms with Gasteiger partial charge in [-0.2, -0.15) is 0 Å². The van der Waals surface area contributed by atoms with E-state index in [9.17, 15) is 4.79 Å². The molecule has 1 aromatic rings. The quantitative estimate of drug-likeness (QED) is 0.809. The van der Waals surface area contributed by atoms with Crippen molar-refractivity contribution in [2.45, 2.75) is 6.42 Å². The van der Waals surface area contributed by atoms with Gasteiger partial charge in [0, 0.05) is 42.6 Å². The third-order valence-electron chi connectivity index (χ3n) is 3.34. The second-order valence-corrected chi connectivity index (χ2v) is 4.47. The van der Waals surface area contributed by atoms with Crippen molar-refractivity contribution < 1.29 is 9.32 Å². The molecule has 0 atom stereocenters. The van der Waals surface area contributed by atoms with Gasteiger partial charge < -0.3 is 14.7 Å². The first-order valence-corrected chi connectivity index (χ1v) is 6.02. The molecule has 19 heavy (non-hydrogen) atoms. The summed E-state index contributed by atoms with van der Waals surface area (Å²) in [6.07, 6.45) is 7.45. The van der Waals surface area contributed by atoms with E-state index in [-0.39, 0.29) is 5.91 Å². The number of allylic oxidation sites excluding steroid dienone is 1. The van der Waals surface area contributed by atoms with E-state index in [1.165, 1.54) is 6.08 Å². The van der Waals surface area contributed by atoms with Crippen molar-refractivity contribution in [2.24, 2.45) is 4.99 Å². The fourth-order valence-electron chi connectivity index (χ4n) is 2.55.